The van der Waals surface area contributed by atoms with Crippen LogP contribution in [0.25, 0.3) is 0 Å². The van der Waals surface area contributed by atoms with Crippen molar-refractivity contribution in [3.8, 4) is 0 Å². The maximum atomic E-state index is 13.1. The van der Waals surface area contributed by atoms with Crippen molar-refractivity contribution >= 4 is 12.1 Å². The number of nitrogens with one attached hydrogen (secondary N) is 1. The first-order valence-electron chi connectivity index (χ1n) is 8.45. The molecule has 164 valence electrons. The van der Waals surface area contributed by atoms with Crippen LogP contribution >= 0.6 is 0 Å². The summed E-state index contributed by atoms with van der Waals surface area (Å²) in [7, 11) is 1.29. The van der Waals surface area contributed by atoms with Gasteiger partial charge in [-0.1, -0.05) is 19.2 Å². The maximum absolute atomic E-state index is 13.1. The number of rotatable bonds is 7. The highest BCUT2D eigenvalue weighted by Gasteiger charge is 2.41. The Kier molecular flexibility index (Phi) is 7.65. The number of allylic oxidation sites excluding steroid dienone is 3. The number of amides is 1. The Morgan fingerprint density at radius 2 is 1.50 bits per heavy atom. The molecule has 10 heteroatoms. The number of carbonyl (C=O) groups excluding carboxylic acids is 1. The van der Waals surface area contributed by atoms with Crippen molar-refractivity contribution in [2.24, 2.45) is 5.10 Å². The Bertz CT molecular complexity index is 834. The number of alkyl halides is 6. The Balaban J connectivity index is 3.28. The second-order valence-corrected chi connectivity index (χ2v) is 6.76. The quantitative estimate of drug-likeness (QED) is 0.276. The molecular weight excluding hydrogens is 412 g/mol. The Labute approximate surface area is 170 Å². The summed E-state index contributed by atoms with van der Waals surface area (Å²) in [5.41, 5.74) is -2.57. The molecule has 0 radical (unpaired) electrons. The van der Waals surface area contributed by atoms with Crippen molar-refractivity contribution in [1.82, 2.24) is 10.3 Å². The van der Waals surface area contributed by atoms with Crippen LogP contribution < -0.4 is 5.43 Å². The zero-order chi connectivity index (χ0) is 23.3. The van der Waals surface area contributed by atoms with Gasteiger partial charge in [-0.05, 0) is 43.7 Å². The summed E-state index contributed by atoms with van der Waals surface area (Å²) in [6.45, 7) is 9.55. The molecule has 0 atom stereocenters. The summed E-state index contributed by atoms with van der Waals surface area (Å²) in [6, 6.07) is 1.10. The normalized spacial score (nSPS) is 13.0. The summed E-state index contributed by atoms with van der Waals surface area (Å²) in [5.74, 6) is -0.770. The molecule has 1 aromatic carbocycles. The minimum absolute atomic E-state index is 0.0157. The van der Waals surface area contributed by atoms with Gasteiger partial charge in [0.1, 0.15) is 0 Å². The van der Waals surface area contributed by atoms with E-state index in [0.29, 0.717) is 12.1 Å². The van der Waals surface area contributed by atoms with Crippen LogP contribution in [0.15, 0.2) is 60.5 Å². The van der Waals surface area contributed by atoms with Gasteiger partial charge < -0.3 is 4.90 Å². The van der Waals surface area contributed by atoms with Gasteiger partial charge >= 0.3 is 12.4 Å². The van der Waals surface area contributed by atoms with Gasteiger partial charge in [-0.2, -0.15) is 31.4 Å². The lowest BCUT2D eigenvalue weighted by Crippen LogP contribution is -2.41. The summed E-state index contributed by atoms with van der Waals surface area (Å²) in [4.78, 5) is 13.9. The summed E-state index contributed by atoms with van der Waals surface area (Å²) < 4.78 is 78.8. The minimum atomic E-state index is -5.01. The first kappa shape index (κ1) is 25.0. The predicted octanol–water partition coefficient (Wildman–Crippen LogP) is 5.25. The molecule has 0 aliphatic carbocycles. The zero-order valence-electron chi connectivity index (χ0n) is 16.5. The fraction of sp³-hybridized carbons (Fsp3) is 0.300. The second-order valence-electron chi connectivity index (χ2n) is 6.76. The molecule has 1 rings (SSSR count). The van der Waals surface area contributed by atoms with Crippen LogP contribution in [0.5, 0.6) is 0 Å². The van der Waals surface area contributed by atoms with Crippen molar-refractivity contribution in [2.75, 3.05) is 7.05 Å². The van der Waals surface area contributed by atoms with Crippen LogP contribution in [0.4, 0.5) is 26.3 Å². The van der Waals surface area contributed by atoms with E-state index in [-0.39, 0.29) is 11.8 Å². The van der Waals surface area contributed by atoms with E-state index in [1.54, 1.807) is 6.08 Å². The first-order chi connectivity index (χ1) is 13.6. The monoisotopic (exact) mass is 433 g/mol. The van der Waals surface area contributed by atoms with Gasteiger partial charge in [0.15, 0.2) is 0 Å². The molecule has 0 aliphatic rings. The van der Waals surface area contributed by atoms with Crippen molar-refractivity contribution in [1.29, 1.82) is 0 Å². The van der Waals surface area contributed by atoms with Crippen LogP contribution in [0.1, 0.15) is 30.5 Å². The Hall–Kier alpha value is -3.04. The lowest BCUT2D eigenvalue weighted by molar-refractivity contribution is -0.143. The highest BCUT2D eigenvalue weighted by Crippen LogP contribution is 2.39. The van der Waals surface area contributed by atoms with E-state index in [0.717, 1.165) is 4.90 Å². The second kappa shape index (κ2) is 9.19. The van der Waals surface area contributed by atoms with Crippen molar-refractivity contribution in [2.45, 2.75) is 31.6 Å². The highest BCUT2D eigenvalue weighted by molar-refractivity contribution is 5.93. The van der Waals surface area contributed by atoms with E-state index >= 15 is 0 Å². The molecule has 0 unspecified atom stereocenters. The molecule has 30 heavy (non-hydrogen) atoms. The Morgan fingerprint density at radius 1 is 1.03 bits per heavy atom. The lowest BCUT2D eigenvalue weighted by atomic mass is 9.81. The molecule has 0 saturated carbocycles. The molecule has 0 heterocycles. The SMILES string of the molecule is C=C/C=C\N/N=C\C(=C)N(C)C(=O)C(C)(C)c1cc(C(F)(F)F)cc(C(F)(F)F)c1. The molecule has 0 fully saturated rings. The zero-order valence-corrected chi connectivity index (χ0v) is 16.5. The summed E-state index contributed by atoms with van der Waals surface area (Å²) in [5, 5.41) is 3.76. The molecule has 1 amide bonds. The van der Waals surface area contributed by atoms with Gasteiger partial charge in [-0.25, -0.2) is 0 Å². The third-order valence-corrected chi connectivity index (χ3v) is 4.17. The molecule has 1 aromatic rings. The van der Waals surface area contributed by atoms with Crippen molar-refractivity contribution in [3.05, 3.63) is 72.1 Å². The third-order valence-electron chi connectivity index (χ3n) is 4.17. The highest BCUT2D eigenvalue weighted by atomic mass is 19.4. The predicted molar refractivity (Wildman–Crippen MR) is 102 cm³/mol. The van der Waals surface area contributed by atoms with Crippen molar-refractivity contribution < 1.29 is 31.1 Å². The number of hydrazone groups is 1. The fourth-order valence-electron chi connectivity index (χ4n) is 2.34. The van der Waals surface area contributed by atoms with Gasteiger partial charge in [0.2, 0.25) is 5.91 Å². The van der Waals surface area contributed by atoms with Crippen LogP contribution in [0, 0.1) is 0 Å². The molecule has 0 saturated heterocycles. The molecule has 1 N–H and O–H groups in total. The van der Waals surface area contributed by atoms with E-state index in [4.69, 9.17) is 0 Å². The van der Waals surface area contributed by atoms with Gasteiger partial charge in [0, 0.05) is 13.2 Å². The summed E-state index contributed by atoms with van der Waals surface area (Å²) >= 11 is 0. The maximum Gasteiger partial charge on any atom is 0.416 e. The number of nitrogens with zero attached hydrogens (tertiary/aromatic N) is 2. The topological polar surface area (TPSA) is 44.7 Å². The number of halogens is 6. The summed E-state index contributed by atoms with van der Waals surface area (Å²) in [6.07, 6.45) is -4.38. The van der Waals surface area contributed by atoms with Crippen LogP contribution in [0.3, 0.4) is 0 Å². The van der Waals surface area contributed by atoms with Gasteiger partial charge in [0.25, 0.3) is 0 Å². The van der Waals surface area contributed by atoms with Crippen LogP contribution in [-0.4, -0.2) is 24.1 Å². The first-order valence-corrected chi connectivity index (χ1v) is 8.45. The number of carbonyl (C=O) groups is 1. The smallest absolute Gasteiger partial charge is 0.314 e. The van der Waals surface area contributed by atoms with Crippen LogP contribution in [-0.2, 0) is 22.6 Å². The van der Waals surface area contributed by atoms with E-state index in [9.17, 15) is 31.1 Å². The van der Waals surface area contributed by atoms with E-state index in [2.05, 4.69) is 23.7 Å². The molecular formula is C20H21F6N3O. The average Bonchev–Trinajstić information content (AvgIpc) is 2.64. The molecule has 0 spiro atoms. The Morgan fingerprint density at radius 3 is 1.93 bits per heavy atom. The molecule has 0 bridgehead atoms. The number of hydrogen-bond acceptors (Lipinski definition) is 3. The molecule has 0 aromatic heterocycles. The van der Waals surface area contributed by atoms with E-state index < -0.39 is 40.4 Å². The third kappa shape index (κ3) is 6.23. The number of likely N-dealkylation sites (N-methyl/N-ethyl adjacent to an activating group) is 1. The van der Waals surface area contributed by atoms with Crippen LogP contribution in [0.2, 0.25) is 0 Å². The molecule has 0 aliphatic heterocycles. The largest absolute Gasteiger partial charge is 0.416 e. The average molecular weight is 433 g/mol. The number of benzene rings is 1. The van der Waals surface area contributed by atoms with E-state index in [1.807, 2.05) is 0 Å². The van der Waals surface area contributed by atoms with Gasteiger partial charge in [0.05, 0.1) is 28.5 Å². The minimum Gasteiger partial charge on any atom is -0.314 e. The molecule has 4 nitrogen and oxygen atoms in total. The van der Waals surface area contributed by atoms with Gasteiger partial charge in [-0.3, -0.25) is 10.2 Å². The van der Waals surface area contributed by atoms with E-state index in [1.165, 1.54) is 39.4 Å². The lowest BCUT2D eigenvalue weighted by Gasteiger charge is -2.31. The standard InChI is InChI=1S/C20H21F6N3O/c1-6-7-8-27-28-12-13(2)29(5)17(30)18(3,4)14-9-15(19(21,22)23)11-16(10-14)20(24,25)26/h6-12,27H,1-2H2,3-5H3/b8-7-,28-12-. The number of hydrogen-bond donors (Lipinski definition) is 1. The van der Waals surface area contributed by atoms with Crippen molar-refractivity contribution in [3.63, 3.8) is 0 Å². The fourth-order valence-corrected chi connectivity index (χ4v) is 2.34. The van der Waals surface area contributed by atoms with Gasteiger partial charge in [-0.15, -0.1) is 0 Å².